The van der Waals surface area contributed by atoms with Crippen LogP contribution in [0.4, 0.5) is 0 Å². The van der Waals surface area contributed by atoms with E-state index in [0.717, 1.165) is 24.9 Å². The molecule has 0 saturated carbocycles. The lowest BCUT2D eigenvalue weighted by atomic mass is 10.0. The number of fused-ring (bicyclic) bond motifs is 5. The highest BCUT2D eigenvalue weighted by Gasteiger charge is 2.24. The number of aromatic nitrogens is 1. The van der Waals surface area contributed by atoms with Crippen LogP contribution in [0.1, 0.15) is 35.7 Å². The van der Waals surface area contributed by atoms with Crippen molar-refractivity contribution >= 4 is 27.6 Å². The molecule has 0 unspecified atom stereocenters. The first-order valence-electron chi connectivity index (χ1n) is 7.37. The molecule has 0 saturated heterocycles. The predicted molar refractivity (Wildman–Crippen MR) is 82.4 cm³/mol. The predicted octanol–water partition coefficient (Wildman–Crippen LogP) is 4.33. The third-order valence-corrected chi connectivity index (χ3v) is 4.40. The van der Waals surface area contributed by atoms with Gasteiger partial charge in [0.2, 0.25) is 0 Å². The van der Waals surface area contributed by atoms with Gasteiger partial charge in [-0.3, -0.25) is 4.79 Å². The van der Waals surface area contributed by atoms with Crippen molar-refractivity contribution in [3.63, 3.8) is 0 Å². The van der Waals surface area contributed by atoms with Crippen LogP contribution < -0.4 is 0 Å². The van der Waals surface area contributed by atoms with E-state index in [2.05, 4.69) is 41.8 Å². The Kier molecular flexibility index (Phi) is 2.46. The monoisotopic (exact) mass is 263 g/mol. The topological polar surface area (TPSA) is 22.0 Å². The van der Waals surface area contributed by atoms with Crippen molar-refractivity contribution in [2.24, 2.45) is 0 Å². The van der Waals surface area contributed by atoms with Gasteiger partial charge in [-0.25, -0.2) is 0 Å². The van der Waals surface area contributed by atoms with Gasteiger partial charge >= 0.3 is 0 Å². The van der Waals surface area contributed by atoms with Crippen LogP contribution in [0.15, 0.2) is 36.4 Å². The van der Waals surface area contributed by atoms with Crippen molar-refractivity contribution in [1.82, 2.24) is 4.57 Å². The minimum atomic E-state index is 0.300. The van der Waals surface area contributed by atoms with Gasteiger partial charge in [-0.05, 0) is 36.6 Å². The van der Waals surface area contributed by atoms with Crippen LogP contribution in [0.3, 0.4) is 0 Å². The number of Topliss-reactive ketones (excluding diaryl/α,β-unsaturated/α-hetero) is 1. The second kappa shape index (κ2) is 4.20. The summed E-state index contributed by atoms with van der Waals surface area (Å²) in [5, 5.41) is 2.60. The zero-order valence-electron chi connectivity index (χ0n) is 11.6. The third kappa shape index (κ3) is 1.42. The Morgan fingerprint density at radius 2 is 1.90 bits per heavy atom. The average molecular weight is 263 g/mol. The highest BCUT2D eigenvalue weighted by atomic mass is 16.1. The fourth-order valence-corrected chi connectivity index (χ4v) is 3.57. The van der Waals surface area contributed by atoms with Crippen LogP contribution in [-0.2, 0) is 13.0 Å². The molecule has 1 aliphatic rings. The van der Waals surface area contributed by atoms with Gasteiger partial charge in [0.05, 0.1) is 0 Å². The van der Waals surface area contributed by atoms with E-state index in [1.165, 1.54) is 27.4 Å². The van der Waals surface area contributed by atoms with E-state index in [9.17, 15) is 4.79 Å². The van der Waals surface area contributed by atoms with Gasteiger partial charge in [0, 0.05) is 40.3 Å². The van der Waals surface area contributed by atoms with Crippen molar-refractivity contribution in [1.29, 1.82) is 0 Å². The minimum absolute atomic E-state index is 0.300. The molecule has 1 aliphatic carbocycles. The van der Waals surface area contributed by atoms with E-state index in [-0.39, 0.29) is 0 Å². The van der Waals surface area contributed by atoms with E-state index in [4.69, 9.17) is 0 Å². The number of para-hydroxylation sites is 1. The molecule has 100 valence electrons. The van der Waals surface area contributed by atoms with Gasteiger partial charge in [-0.1, -0.05) is 25.1 Å². The van der Waals surface area contributed by atoms with Crippen LogP contribution in [-0.4, -0.2) is 10.4 Å². The summed E-state index contributed by atoms with van der Waals surface area (Å²) in [6.45, 7) is 3.23. The normalized spacial score (nSPS) is 14.3. The van der Waals surface area contributed by atoms with Gasteiger partial charge in [-0.15, -0.1) is 0 Å². The molecule has 0 aliphatic heterocycles. The summed E-state index contributed by atoms with van der Waals surface area (Å²) in [4.78, 5) is 12.0. The number of benzene rings is 2. The lowest BCUT2D eigenvalue weighted by Crippen LogP contribution is -1.96. The number of carbonyl (C=O) groups excluding carboxylic acids is 1. The summed E-state index contributed by atoms with van der Waals surface area (Å²) in [5.74, 6) is 0.300. The van der Waals surface area contributed by atoms with Gasteiger partial charge in [0.1, 0.15) is 0 Å². The van der Waals surface area contributed by atoms with E-state index in [0.29, 0.717) is 12.2 Å². The van der Waals surface area contributed by atoms with Gasteiger partial charge < -0.3 is 4.57 Å². The van der Waals surface area contributed by atoms with E-state index in [1.807, 2.05) is 6.07 Å². The molecule has 2 nitrogen and oxygen atoms in total. The van der Waals surface area contributed by atoms with E-state index in [1.54, 1.807) is 0 Å². The molecule has 2 heteroatoms. The van der Waals surface area contributed by atoms with Gasteiger partial charge in [0.25, 0.3) is 0 Å². The molecule has 0 spiro atoms. The molecule has 0 atom stereocenters. The summed E-state index contributed by atoms with van der Waals surface area (Å²) < 4.78 is 2.40. The number of hydrogen-bond acceptors (Lipinski definition) is 1. The molecule has 0 amide bonds. The molecule has 4 rings (SSSR count). The third-order valence-electron chi connectivity index (χ3n) is 4.40. The van der Waals surface area contributed by atoms with Crippen LogP contribution in [0.5, 0.6) is 0 Å². The summed E-state index contributed by atoms with van der Waals surface area (Å²) in [7, 11) is 0. The quantitative estimate of drug-likeness (QED) is 0.674. The Morgan fingerprint density at radius 3 is 2.75 bits per heavy atom. The molecular weight excluding hydrogens is 246 g/mol. The molecule has 0 fully saturated rings. The summed E-state index contributed by atoms with van der Waals surface area (Å²) in [6.07, 6.45) is 2.68. The number of ketones is 1. The van der Waals surface area contributed by atoms with Crippen LogP contribution >= 0.6 is 0 Å². The molecule has 0 radical (unpaired) electrons. The minimum Gasteiger partial charge on any atom is -0.340 e. The smallest absolute Gasteiger partial charge is 0.163 e. The Labute approximate surface area is 118 Å². The second-order valence-corrected chi connectivity index (χ2v) is 5.58. The first kappa shape index (κ1) is 11.7. The van der Waals surface area contributed by atoms with E-state index >= 15 is 0 Å². The highest BCUT2D eigenvalue weighted by Crippen LogP contribution is 2.36. The van der Waals surface area contributed by atoms with Crippen molar-refractivity contribution in [3.05, 3.63) is 47.5 Å². The molecule has 3 aromatic rings. The van der Waals surface area contributed by atoms with Crippen molar-refractivity contribution in [2.45, 2.75) is 32.7 Å². The molecule has 1 heterocycles. The molecule has 0 N–H and O–H groups in total. The first-order valence-corrected chi connectivity index (χ1v) is 7.37. The molecule has 0 bridgehead atoms. The lowest BCUT2D eigenvalue weighted by Gasteiger charge is -2.06. The Morgan fingerprint density at radius 1 is 1.05 bits per heavy atom. The van der Waals surface area contributed by atoms with Crippen molar-refractivity contribution < 1.29 is 4.79 Å². The molecule has 2 aromatic carbocycles. The fraction of sp³-hybridized carbons (Fsp3) is 0.278. The highest BCUT2D eigenvalue weighted by molar-refractivity contribution is 6.15. The van der Waals surface area contributed by atoms with Crippen LogP contribution in [0.25, 0.3) is 21.8 Å². The fourth-order valence-electron chi connectivity index (χ4n) is 3.57. The van der Waals surface area contributed by atoms with Crippen molar-refractivity contribution in [3.8, 4) is 0 Å². The molecule has 20 heavy (non-hydrogen) atoms. The maximum absolute atomic E-state index is 12.0. The van der Waals surface area contributed by atoms with Crippen LogP contribution in [0.2, 0.25) is 0 Å². The maximum atomic E-state index is 12.0. The van der Waals surface area contributed by atoms with Crippen LogP contribution in [0, 0.1) is 0 Å². The lowest BCUT2D eigenvalue weighted by molar-refractivity contribution is 0.0994. The van der Waals surface area contributed by atoms with E-state index < -0.39 is 0 Å². The standard InChI is InChI=1S/C18H17NO/c1-2-11-19-15-6-4-3-5-14(15)18-13-8-10-17(20)12(13)7-9-16(18)19/h3-7,9H,2,8,10-11H2,1H3. The second-order valence-electron chi connectivity index (χ2n) is 5.58. The number of hydrogen-bond donors (Lipinski definition) is 0. The largest absolute Gasteiger partial charge is 0.340 e. The molecule has 1 aromatic heterocycles. The number of nitrogens with zero attached hydrogens (tertiary/aromatic N) is 1. The maximum Gasteiger partial charge on any atom is 0.163 e. The first-order chi connectivity index (χ1) is 9.81. The number of rotatable bonds is 2. The average Bonchev–Trinajstić information content (AvgIpc) is 3.00. The zero-order valence-corrected chi connectivity index (χ0v) is 11.6. The summed E-state index contributed by atoms with van der Waals surface area (Å²) in [5.41, 5.74) is 4.77. The Bertz CT molecular complexity index is 841. The van der Waals surface area contributed by atoms with Gasteiger partial charge in [-0.2, -0.15) is 0 Å². The SMILES string of the molecule is CCCn1c2ccccc2c2c3c(ccc21)C(=O)CC3. The number of carbonyl (C=O) groups is 1. The zero-order chi connectivity index (χ0) is 13.7. The van der Waals surface area contributed by atoms with Crippen molar-refractivity contribution in [2.75, 3.05) is 0 Å². The van der Waals surface area contributed by atoms with Gasteiger partial charge in [0.15, 0.2) is 5.78 Å². The Balaban J connectivity index is 2.19. The Hall–Kier alpha value is -2.09. The summed E-state index contributed by atoms with van der Waals surface area (Å²) in [6, 6.07) is 12.7. The number of aryl methyl sites for hydroxylation is 2. The molecular formula is C18H17NO. The summed E-state index contributed by atoms with van der Waals surface area (Å²) >= 11 is 0.